The number of benzene rings is 2. The minimum Gasteiger partial charge on any atom is -0.503 e. The van der Waals surface area contributed by atoms with Crippen LogP contribution in [0.2, 0.25) is 0 Å². The van der Waals surface area contributed by atoms with E-state index in [4.69, 9.17) is 14.2 Å². The molecule has 0 amide bonds. The molecule has 0 spiro atoms. The quantitative estimate of drug-likeness (QED) is 0.498. The number of para-hydroxylation sites is 3. The van der Waals surface area contributed by atoms with Crippen molar-refractivity contribution < 1.29 is 24.1 Å². The van der Waals surface area contributed by atoms with Crippen LogP contribution in [0, 0.1) is 0 Å². The van der Waals surface area contributed by atoms with E-state index < -0.39 is 5.97 Å². The lowest BCUT2D eigenvalue weighted by molar-refractivity contribution is -0.130. The molecule has 3 rings (SSSR count). The summed E-state index contributed by atoms with van der Waals surface area (Å²) >= 11 is 0. The molecule has 7 nitrogen and oxygen atoms in total. The lowest BCUT2D eigenvalue weighted by atomic mass is 10.1. The van der Waals surface area contributed by atoms with Gasteiger partial charge in [0.05, 0.1) is 13.4 Å². The zero-order chi connectivity index (χ0) is 19.1. The number of nitrogens with zero attached hydrogens (tertiary/aromatic N) is 2. The van der Waals surface area contributed by atoms with Crippen LogP contribution in [0.1, 0.15) is 5.56 Å². The van der Waals surface area contributed by atoms with Gasteiger partial charge >= 0.3 is 5.97 Å². The van der Waals surface area contributed by atoms with E-state index in [9.17, 15) is 9.90 Å². The fourth-order valence-electron chi connectivity index (χ4n) is 2.31. The highest BCUT2D eigenvalue weighted by atomic mass is 16.5. The Kier molecular flexibility index (Phi) is 5.64. The SMILES string of the molecule is CO/C=C(/C(=O)O)c1ccccc1Oc1ccccc1Oc1ccncn1. The van der Waals surface area contributed by atoms with Gasteiger partial charge in [-0.3, -0.25) is 0 Å². The molecule has 3 aromatic rings. The van der Waals surface area contributed by atoms with Crippen LogP contribution in [-0.2, 0) is 9.53 Å². The third-order valence-electron chi connectivity index (χ3n) is 3.48. The fourth-order valence-corrected chi connectivity index (χ4v) is 2.31. The number of carboxylic acid groups (broad SMARTS) is 1. The predicted molar refractivity (Wildman–Crippen MR) is 97.7 cm³/mol. The fraction of sp³-hybridized carbons (Fsp3) is 0.0500. The van der Waals surface area contributed by atoms with Crippen LogP contribution in [-0.4, -0.2) is 28.2 Å². The molecule has 0 aliphatic heterocycles. The highest BCUT2D eigenvalue weighted by Gasteiger charge is 2.17. The average Bonchev–Trinajstić information content (AvgIpc) is 2.69. The van der Waals surface area contributed by atoms with Gasteiger partial charge < -0.3 is 19.3 Å². The van der Waals surface area contributed by atoms with Crippen LogP contribution in [0.15, 0.2) is 73.4 Å². The molecule has 0 radical (unpaired) electrons. The van der Waals surface area contributed by atoms with Crippen LogP contribution in [0.25, 0.3) is 5.57 Å². The number of ether oxygens (including phenoxy) is 3. The van der Waals surface area contributed by atoms with Gasteiger partial charge in [-0.25, -0.2) is 14.8 Å². The lowest BCUT2D eigenvalue weighted by Crippen LogP contribution is -2.02. The molecule has 0 bridgehead atoms. The Morgan fingerprint density at radius 2 is 1.63 bits per heavy atom. The minimum atomic E-state index is -1.13. The topological polar surface area (TPSA) is 90.8 Å². The molecule has 0 saturated carbocycles. The smallest absolute Gasteiger partial charge is 0.339 e. The lowest BCUT2D eigenvalue weighted by Gasteiger charge is -2.14. The van der Waals surface area contributed by atoms with Crippen molar-refractivity contribution in [1.29, 1.82) is 0 Å². The molecule has 0 fully saturated rings. The molecule has 0 aliphatic rings. The molecule has 0 atom stereocenters. The van der Waals surface area contributed by atoms with E-state index in [0.717, 1.165) is 6.26 Å². The monoisotopic (exact) mass is 364 g/mol. The Bertz CT molecular complexity index is 957. The van der Waals surface area contributed by atoms with Crippen molar-refractivity contribution in [3.63, 3.8) is 0 Å². The number of hydrogen-bond donors (Lipinski definition) is 1. The van der Waals surface area contributed by atoms with E-state index in [-0.39, 0.29) is 5.57 Å². The van der Waals surface area contributed by atoms with Crippen LogP contribution in [0.4, 0.5) is 0 Å². The maximum atomic E-state index is 11.6. The summed E-state index contributed by atoms with van der Waals surface area (Å²) in [7, 11) is 1.39. The Morgan fingerprint density at radius 3 is 2.26 bits per heavy atom. The summed E-state index contributed by atoms with van der Waals surface area (Å²) in [4.78, 5) is 19.4. The van der Waals surface area contributed by atoms with Crippen LogP contribution >= 0.6 is 0 Å². The molecule has 0 unspecified atom stereocenters. The van der Waals surface area contributed by atoms with E-state index in [1.165, 1.54) is 13.4 Å². The van der Waals surface area contributed by atoms with Crippen molar-refractivity contribution in [1.82, 2.24) is 9.97 Å². The molecule has 2 aromatic carbocycles. The van der Waals surface area contributed by atoms with Crippen molar-refractivity contribution >= 4 is 11.5 Å². The molecule has 0 saturated heterocycles. The van der Waals surface area contributed by atoms with E-state index in [1.807, 2.05) is 0 Å². The highest BCUT2D eigenvalue weighted by Crippen LogP contribution is 2.36. The maximum Gasteiger partial charge on any atom is 0.339 e. The molecular weight excluding hydrogens is 348 g/mol. The van der Waals surface area contributed by atoms with E-state index in [0.29, 0.717) is 28.7 Å². The Labute approximate surface area is 155 Å². The second-order valence-corrected chi connectivity index (χ2v) is 5.27. The Balaban J connectivity index is 1.95. The van der Waals surface area contributed by atoms with Gasteiger partial charge in [0.25, 0.3) is 0 Å². The zero-order valence-corrected chi connectivity index (χ0v) is 14.4. The summed E-state index contributed by atoms with van der Waals surface area (Å²) in [5.41, 5.74) is 0.353. The molecule has 1 aromatic heterocycles. The first kappa shape index (κ1) is 17.9. The summed E-state index contributed by atoms with van der Waals surface area (Å²) in [6, 6.07) is 15.4. The first-order valence-corrected chi connectivity index (χ1v) is 7.95. The molecular formula is C20H16N2O5. The van der Waals surface area contributed by atoms with Gasteiger partial charge in [-0.2, -0.15) is 0 Å². The van der Waals surface area contributed by atoms with Gasteiger partial charge in [-0.05, 0) is 18.2 Å². The van der Waals surface area contributed by atoms with Gasteiger partial charge in [0.15, 0.2) is 11.5 Å². The van der Waals surface area contributed by atoms with Crippen LogP contribution < -0.4 is 9.47 Å². The van der Waals surface area contributed by atoms with Gasteiger partial charge in [0.1, 0.15) is 17.6 Å². The summed E-state index contributed by atoms with van der Waals surface area (Å²) in [5, 5.41) is 9.46. The number of rotatable bonds is 7. The van der Waals surface area contributed by atoms with Gasteiger partial charge in [-0.15, -0.1) is 0 Å². The second kappa shape index (κ2) is 8.48. The Hall–Kier alpha value is -3.87. The first-order valence-electron chi connectivity index (χ1n) is 7.95. The number of aromatic nitrogens is 2. The number of hydrogen-bond acceptors (Lipinski definition) is 6. The number of aliphatic carboxylic acids is 1. The standard InChI is InChI=1S/C20H16N2O5/c1-25-12-15(20(23)24)14-6-2-3-7-16(14)26-17-8-4-5-9-18(17)27-19-10-11-21-13-22-19/h2-13H,1H3,(H,23,24)/b15-12+. The third kappa shape index (κ3) is 4.40. The van der Waals surface area contributed by atoms with Gasteiger partial charge in [0.2, 0.25) is 5.88 Å². The number of methoxy groups -OCH3 is 1. The largest absolute Gasteiger partial charge is 0.503 e. The molecule has 1 heterocycles. The van der Waals surface area contributed by atoms with Crippen LogP contribution in [0.5, 0.6) is 23.1 Å². The molecule has 136 valence electrons. The summed E-state index contributed by atoms with van der Waals surface area (Å²) in [5.74, 6) is 0.421. The first-order chi connectivity index (χ1) is 13.2. The van der Waals surface area contributed by atoms with Crippen molar-refractivity contribution in [2.75, 3.05) is 7.11 Å². The third-order valence-corrected chi connectivity index (χ3v) is 3.48. The van der Waals surface area contributed by atoms with E-state index >= 15 is 0 Å². The molecule has 1 N–H and O–H groups in total. The number of carbonyl (C=O) groups is 1. The summed E-state index contributed by atoms with van der Waals surface area (Å²) in [6.45, 7) is 0. The average molecular weight is 364 g/mol. The van der Waals surface area contributed by atoms with Crippen molar-refractivity contribution in [2.24, 2.45) is 0 Å². The van der Waals surface area contributed by atoms with Crippen molar-refractivity contribution in [2.45, 2.75) is 0 Å². The minimum absolute atomic E-state index is 0.0256. The predicted octanol–water partition coefficient (Wildman–Crippen LogP) is 4.13. The highest BCUT2D eigenvalue weighted by molar-refractivity contribution is 6.15. The van der Waals surface area contributed by atoms with Gasteiger partial charge in [0, 0.05) is 17.8 Å². The van der Waals surface area contributed by atoms with Crippen LogP contribution in [0.3, 0.4) is 0 Å². The van der Waals surface area contributed by atoms with Crippen molar-refractivity contribution in [3.8, 4) is 23.1 Å². The summed E-state index contributed by atoms with van der Waals surface area (Å²) < 4.78 is 16.6. The molecule has 27 heavy (non-hydrogen) atoms. The maximum absolute atomic E-state index is 11.6. The van der Waals surface area contributed by atoms with E-state index in [1.54, 1.807) is 60.8 Å². The van der Waals surface area contributed by atoms with Gasteiger partial charge in [-0.1, -0.05) is 30.3 Å². The van der Waals surface area contributed by atoms with E-state index in [2.05, 4.69) is 9.97 Å². The normalized spacial score (nSPS) is 10.9. The summed E-state index contributed by atoms with van der Waals surface area (Å²) in [6.07, 6.45) is 4.10. The molecule has 7 heteroatoms. The Morgan fingerprint density at radius 1 is 0.963 bits per heavy atom. The number of carboxylic acids is 1. The van der Waals surface area contributed by atoms with Crippen molar-refractivity contribution in [3.05, 3.63) is 78.9 Å². The second-order valence-electron chi connectivity index (χ2n) is 5.27. The molecule has 0 aliphatic carbocycles. The zero-order valence-electron chi connectivity index (χ0n) is 14.4.